The summed E-state index contributed by atoms with van der Waals surface area (Å²) in [5, 5.41) is 12.1. The van der Waals surface area contributed by atoms with Crippen LogP contribution in [0.3, 0.4) is 0 Å². The van der Waals surface area contributed by atoms with Gasteiger partial charge in [0, 0.05) is 18.6 Å². The summed E-state index contributed by atoms with van der Waals surface area (Å²) in [7, 11) is 0. The highest BCUT2D eigenvalue weighted by Crippen LogP contribution is 2.30. The fraction of sp³-hybridized carbons (Fsp3) is 0.562. The van der Waals surface area contributed by atoms with E-state index in [4.69, 9.17) is 5.26 Å². The molecule has 0 aliphatic carbocycles. The van der Waals surface area contributed by atoms with Gasteiger partial charge in [-0.05, 0) is 38.9 Å². The van der Waals surface area contributed by atoms with Crippen molar-refractivity contribution in [2.75, 3.05) is 18.0 Å². The highest BCUT2D eigenvalue weighted by atomic mass is 19.1. The van der Waals surface area contributed by atoms with E-state index in [1.54, 1.807) is 6.07 Å². The topological polar surface area (TPSA) is 39.1 Å². The Labute approximate surface area is 121 Å². The molecular formula is C16H24FN3. The van der Waals surface area contributed by atoms with Gasteiger partial charge in [0.05, 0.1) is 18.2 Å². The van der Waals surface area contributed by atoms with E-state index in [0.717, 1.165) is 12.1 Å². The third-order valence-electron chi connectivity index (χ3n) is 3.37. The Morgan fingerprint density at radius 3 is 2.60 bits per heavy atom. The molecule has 1 aromatic rings. The zero-order valence-corrected chi connectivity index (χ0v) is 12.8. The molecule has 1 unspecified atom stereocenters. The molecule has 0 aromatic heterocycles. The van der Waals surface area contributed by atoms with Crippen LogP contribution >= 0.6 is 0 Å². The molecule has 0 radical (unpaired) electrons. The number of hydrogen-bond donors (Lipinski definition) is 1. The van der Waals surface area contributed by atoms with Gasteiger partial charge in [-0.15, -0.1) is 0 Å². The van der Waals surface area contributed by atoms with Crippen molar-refractivity contribution in [3.8, 4) is 6.07 Å². The Balaban J connectivity index is 3.21. The second-order valence-corrected chi connectivity index (χ2v) is 5.15. The maximum absolute atomic E-state index is 14.3. The number of anilines is 1. The fourth-order valence-electron chi connectivity index (χ4n) is 2.40. The molecule has 1 atom stereocenters. The molecule has 0 aliphatic rings. The van der Waals surface area contributed by atoms with E-state index in [-0.39, 0.29) is 17.9 Å². The summed E-state index contributed by atoms with van der Waals surface area (Å²) in [5.74, 6) is -0.223. The molecule has 1 rings (SSSR count). The van der Waals surface area contributed by atoms with Gasteiger partial charge in [-0.3, -0.25) is 0 Å². The lowest BCUT2D eigenvalue weighted by Crippen LogP contribution is -2.34. The lowest BCUT2D eigenvalue weighted by atomic mass is 10.0. The van der Waals surface area contributed by atoms with Crippen LogP contribution in [0.1, 0.15) is 45.7 Å². The van der Waals surface area contributed by atoms with Crippen LogP contribution in [0.4, 0.5) is 10.1 Å². The molecule has 0 spiro atoms. The van der Waals surface area contributed by atoms with Crippen molar-refractivity contribution >= 4 is 5.69 Å². The Hall–Kier alpha value is -1.60. The van der Waals surface area contributed by atoms with E-state index < -0.39 is 0 Å². The van der Waals surface area contributed by atoms with Gasteiger partial charge in [0.25, 0.3) is 0 Å². The number of hydrogen-bond acceptors (Lipinski definition) is 3. The van der Waals surface area contributed by atoms with Crippen LogP contribution in [0, 0.1) is 17.1 Å². The molecular weight excluding hydrogens is 253 g/mol. The fourth-order valence-corrected chi connectivity index (χ4v) is 2.40. The number of nitriles is 1. The van der Waals surface area contributed by atoms with Crippen LogP contribution in [0.15, 0.2) is 18.2 Å². The quantitative estimate of drug-likeness (QED) is 0.827. The third kappa shape index (κ3) is 3.94. The molecule has 3 nitrogen and oxygen atoms in total. The molecule has 0 aliphatic heterocycles. The zero-order valence-electron chi connectivity index (χ0n) is 12.8. The maximum Gasteiger partial charge on any atom is 0.146 e. The highest BCUT2D eigenvalue weighted by Gasteiger charge is 2.21. The Kier molecular flexibility index (Phi) is 6.47. The predicted molar refractivity (Wildman–Crippen MR) is 81.2 cm³/mol. The van der Waals surface area contributed by atoms with Gasteiger partial charge >= 0.3 is 0 Å². The lowest BCUT2D eigenvalue weighted by Gasteiger charge is -2.32. The minimum absolute atomic E-state index is 0.0778. The summed E-state index contributed by atoms with van der Waals surface area (Å²) in [4.78, 5) is 1.97. The number of para-hydroxylation sites is 1. The molecule has 0 bridgehead atoms. The van der Waals surface area contributed by atoms with E-state index >= 15 is 0 Å². The first-order valence-corrected chi connectivity index (χ1v) is 7.18. The molecule has 0 saturated heterocycles. The van der Waals surface area contributed by atoms with Crippen molar-refractivity contribution in [1.82, 2.24) is 5.32 Å². The minimum atomic E-state index is -0.223. The Morgan fingerprint density at radius 2 is 2.05 bits per heavy atom. The van der Waals surface area contributed by atoms with Crippen LogP contribution in [-0.4, -0.2) is 19.1 Å². The van der Waals surface area contributed by atoms with Crippen molar-refractivity contribution < 1.29 is 4.39 Å². The molecule has 1 N–H and O–H groups in total. The van der Waals surface area contributed by atoms with Gasteiger partial charge < -0.3 is 10.2 Å². The van der Waals surface area contributed by atoms with Crippen molar-refractivity contribution in [1.29, 1.82) is 5.26 Å². The monoisotopic (exact) mass is 277 g/mol. The molecule has 1 aromatic carbocycles. The largest absolute Gasteiger partial charge is 0.365 e. The molecule has 0 amide bonds. The number of nitrogens with one attached hydrogen (secondary N) is 1. The van der Waals surface area contributed by atoms with Crippen LogP contribution in [0.2, 0.25) is 0 Å². The first-order valence-electron chi connectivity index (χ1n) is 7.18. The van der Waals surface area contributed by atoms with Gasteiger partial charge in [-0.25, -0.2) is 4.39 Å². The van der Waals surface area contributed by atoms with Crippen LogP contribution in [-0.2, 0) is 0 Å². The van der Waals surface area contributed by atoms with Gasteiger partial charge in [0.2, 0.25) is 0 Å². The summed E-state index contributed by atoms with van der Waals surface area (Å²) in [5.41, 5.74) is 1.56. The maximum atomic E-state index is 14.3. The normalized spacial score (nSPS) is 12.2. The average Bonchev–Trinajstić information content (AvgIpc) is 2.40. The van der Waals surface area contributed by atoms with Crippen LogP contribution in [0.5, 0.6) is 0 Å². The van der Waals surface area contributed by atoms with E-state index in [1.165, 1.54) is 6.07 Å². The van der Waals surface area contributed by atoms with Crippen molar-refractivity contribution in [2.24, 2.45) is 0 Å². The van der Waals surface area contributed by atoms with E-state index in [2.05, 4.69) is 11.4 Å². The number of benzene rings is 1. The number of halogens is 1. The second-order valence-electron chi connectivity index (χ2n) is 5.15. The van der Waals surface area contributed by atoms with E-state index in [0.29, 0.717) is 18.7 Å². The number of rotatable bonds is 7. The minimum Gasteiger partial charge on any atom is -0.365 e. The third-order valence-corrected chi connectivity index (χ3v) is 3.37. The molecule has 0 fully saturated rings. The summed E-state index contributed by atoms with van der Waals surface area (Å²) in [6.07, 6.45) is 0.390. The molecule has 110 valence electrons. The Morgan fingerprint density at radius 1 is 1.35 bits per heavy atom. The molecule has 0 heterocycles. The SMILES string of the molecule is CCNC(C)c1cccc(F)c1N(CCC#N)C(C)C. The van der Waals surface area contributed by atoms with Crippen molar-refractivity contribution in [3.63, 3.8) is 0 Å². The van der Waals surface area contributed by atoms with Gasteiger partial charge in [0.1, 0.15) is 5.82 Å². The summed E-state index contributed by atoms with van der Waals surface area (Å²) in [6, 6.07) is 7.54. The Bertz CT molecular complexity index is 465. The summed E-state index contributed by atoms with van der Waals surface area (Å²) >= 11 is 0. The summed E-state index contributed by atoms with van der Waals surface area (Å²) in [6.45, 7) is 9.48. The van der Waals surface area contributed by atoms with Crippen LogP contribution < -0.4 is 10.2 Å². The first-order chi connectivity index (χ1) is 9.52. The summed E-state index contributed by atoms with van der Waals surface area (Å²) < 4.78 is 14.3. The molecule has 20 heavy (non-hydrogen) atoms. The van der Waals surface area contributed by atoms with Gasteiger partial charge in [0.15, 0.2) is 0 Å². The van der Waals surface area contributed by atoms with E-state index in [9.17, 15) is 4.39 Å². The highest BCUT2D eigenvalue weighted by molar-refractivity contribution is 5.57. The average molecular weight is 277 g/mol. The predicted octanol–water partition coefficient (Wildman–Crippen LogP) is 3.62. The molecule has 0 saturated carbocycles. The van der Waals surface area contributed by atoms with Crippen molar-refractivity contribution in [2.45, 2.75) is 46.2 Å². The van der Waals surface area contributed by atoms with Gasteiger partial charge in [-0.2, -0.15) is 5.26 Å². The smallest absolute Gasteiger partial charge is 0.146 e. The van der Waals surface area contributed by atoms with Crippen molar-refractivity contribution in [3.05, 3.63) is 29.6 Å². The van der Waals surface area contributed by atoms with Crippen LogP contribution in [0.25, 0.3) is 0 Å². The molecule has 4 heteroatoms. The van der Waals surface area contributed by atoms with E-state index in [1.807, 2.05) is 38.7 Å². The van der Waals surface area contributed by atoms with Gasteiger partial charge in [-0.1, -0.05) is 19.1 Å². The number of nitrogens with zero attached hydrogens (tertiary/aromatic N) is 2. The second kappa shape index (κ2) is 7.86. The standard InChI is InChI=1S/C16H24FN3/c1-5-19-13(4)14-8-6-9-15(17)16(14)20(12(2)3)11-7-10-18/h6,8-9,12-13,19H,5,7,11H2,1-4H3. The first kappa shape index (κ1) is 16.5. The lowest BCUT2D eigenvalue weighted by molar-refractivity contribution is 0.566. The zero-order chi connectivity index (χ0) is 15.1.